The molecule has 0 spiro atoms. The van der Waals surface area contributed by atoms with Gasteiger partial charge in [0.2, 0.25) is 0 Å². The lowest BCUT2D eigenvalue weighted by Gasteiger charge is -2.25. The van der Waals surface area contributed by atoms with Crippen molar-refractivity contribution in [2.45, 2.75) is 0 Å². The largest absolute Gasteiger partial charge is 0.491 e. The van der Waals surface area contributed by atoms with Crippen LogP contribution in [0.25, 0.3) is 11.1 Å². The van der Waals surface area contributed by atoms with Gasteiger partial charge in [0.15, 0.2) is 0 Å². The lowest BCUT2D eigenvalue weighted by atomic mass is 10.0. The zero-order chi connectivity index (χ0) is 19.9. The molecule has 0 aliphatic rings. The number of nitrogens with zero attached hydrogens (tertiary/aromatic N) is 1. The lowest BCUT2D eigenvalue weighted by molar-refractivity contribution is 0.201. The van der Waals surface area contributed by atoms with Crippen molar-refractivity contribution in [3.05, 3.63) is 109 Å². The number of rotatable bonds is 7. The molecule has 4 rings (SSSR count). The third-order valence-electron chi connectivity index (χ3n) is 4.70. The van der Waals surface area contributed by atoms with Crippen LogP contribution in [0.4, 0.5) is 17.1 Å². The van der Waals surface area contributed by atoms with Crippen molar-refractivity contribution < 1.29 is 9.84 Å². The minimum atomic E-state index is 0.0164. The molecule has 0 aliphatic carbocycles. The van der Waals surface area contributed by atoms with Gasteiger partial charge in [-0.05, 0) is 59.7 Å². The van der Waals surface area contributed by atoms with Gasteiger partial charge in [-0.3, -0.25) is 0 Å². The minimum absolute atomic E-state index is 0.0164. The molecule has 3 heteroatoms. The molecule has 0 heterocycles. The Kier molecular flexibility index (Phi) is 5.89. The summed E-state index contributed by atoms with van der Waals surface area (Å²) in [4.78, 5) is 2.25. The average molecular weight is 381 g/mol. The van der Waals surface area contributed by atoms with Crippen LogP contribution in [0.1, 0.15) is 0 Å². The van der Waals surface area contributed by atoms with Crippen LogP contribution in [0.2, 0.25) is 0 Å². The molecule has 0 radical (unpaired) electrons. The fourth-order valence-electron chi connectivity index (χ4n) is 3.31. The first-order valence-corrected chi connectivity index (χ1v) is 9.69. The minimum Gasteiger partial charge on any atom is -0.491 e. The highest BCUT2D eigenvalue weighted by Crippen LogP contribution is 2.35. The number of hydrogen-bond acceptors (Lipinski definition) is 3. The van der Waals surface area contributed by atoms with Crippen LogP contribution in [-0.4, -0.2) is 18.3 Å². The Morgan fingerprint density at radius 3 is 1.48 bits per heavy atom. The molecule has 0 bridgehead atoms. The fraction of sp³-hybridized carbons (Fsp3) is 0.0769. The molecule has 3 nitrogen and oxygen atoms in total. The predicted molar refractivity (Wildman–Crippen MR) is 119 cm³/mol. The summed E-state index contributed by atoms with van der Waals surface area (Å²) < 4.78 is 5.44. The highest BCUT2D eigenvalue weighted by Gasteiger charge is 2.11. The molecule has 0 aromatic heterocycles. The van der Waals surface area contributed by atoms with Crippen LogP contribution >= 0.6 is 0 Å². The quantitative estimate of drug-likeness (QED) is 0.414. The summed E-state index contributed by atoms with van der Waals surface area (Å²) in [6, 6.07) is 37.2. The van der Waals surface area contributed by atoms with Gasteiger partial charge in [0.05, 0.1) is 6.61 Å². The Bertz CT molecular complexity index is 974. The van der Waals surface area contributed by atoms with E-state index >= 15 is 0 Å². The summed E-state index contributed by atoms with van der Waals surface area (Å²) in [6.45, 7) is 0.325. The second kappa shape index (κ2) is 9.09. The maximum Gasteiger partial charge on any atom is 0.119 e. The smallest absolute Gasteiger partial charge is 0.119 e. The van der Waals surface area contributed by atoms with E-state index in [0.717, 1.165) is 33.9 Å². The van der Waals surface area contributed by atoms with Gasteiger partial charge in [0, 0.05) is 17.1 Å². The summed E-state index contributed by atoms with van der Waals surface area (Å²) in [5, 5.41) is 8.87. The van der Waals surface area contributed by atoms with Crippen molar-refractivity contribution in [2.24, 2.45) is 0 Å². The summed E-state index contributed by atoms with van der Waals surface area (Å²) >= 11 is 0. The van der Waals surface area contributed by atoms with E-state index in [9.17, 15) is 0 Å². The third-order valence-corrected chi connectivity index (χ3v) is 4.70. The molecule has 144 valence electrons. The molecule has 1 N–H and O–H groups in total. The maximum absolute atomic E-state index is 8.87. The van der Waals surface area contributed by atoms with Gasteiger partial charge < -0.3 is 14.7 Å². The number of hydrogen-bond donors (Lipinski definition) is 1. The molecule has 4 aromatic carbocycles. The van der Waals surface area contributed by atoms with E-state index in [-0.39, 0.29) is 6.61 Å². The van der Waals surface area contributed by atoms with Crippen molar-refractivity contribution in [1.29, 1.82) is 0 Å². The van der Waals surface area contributed by atoms with Crippen molar-refractivity contribution in [3.8, 4) is 16.9 Å². The van der Waals surface area contributed by atoms with Gasteiger partial charge in [0.25, 0.3) is 0 Å². The first-order valence-electron chi connectivity index (χ1n) is 9.69. The summed E-state index contributed by atoms with van der Waals surface area (Å²) in [7, 11) is 0. The first-order chi connectivity index (χ1) is 14.3. The number of aliphatic hydroxyl groups excluding tert-OH is 1. The van der Waals surface area contributed by atoms with E-state index in [4.69, 9.17) is 9.84 Å². The predicted octanol–water partition coefficient (Wildman–Crippen LogP) is 6.19. The first kappa shape index (κ1) is 18.8. The molecular formula is C26H23NO2. The number of benzene rings is 4. The van der Waals surface area contributed by atoms with Crippen molar-refractivity contribution in [3.63, 3.8) is 0 Å². The zero-order valence-electron chi connectivity index (χ0n) is 16.1. The van der Waals surface area contributed by atoms with Crippen LogP contribution in [-0.2, 0) is 0 Å². The van der Waals surface area contributed by atoms with Crippen LogP contribution in [0.5, 0.6) is 5.75 Å². The standard InChI is InChI=1S/C26H23NO2/c28-19-20-29-26-17-13-22(14-18-26)21-11-15-25(16-12-21)27(23-7-3-1-4-8-23)24-9-5-2-6-10-24/h1-18,28H,19-20H2. The van der Waals surface area contributed by atoms with Crippen LogP contribution in [0, 0.1) is 0 Å². The monoisotopic (exact) mass is 381 g/mol. The zero-order valence-corrected chi connectivity index (χ0v) is 16.1. The molecule has 0 unspecified atom stereocenters. The topological polar surface area (TPSA) is 32.7 Å². The van der Waals surface area contributed by atoms with Crippen molar-refractivity contribution in [2.75, 3.05) is 18.1 Å². The van der Waals surface area contributed by atoms with E-state index in [1.54, 1.807) is 0 Å². The number of anilines is 3. The van der Waals surface area contributed by atoms with Gasteiger partial charge in [-0.25, -0.2) is 0 Å². The van der Waals surface area contributed by atoms with Crippen molar-refractivity contribution >= 4 is 17.1 Å². The summed E-state index contributed by atoms with van der Waals surface area (Å²) in [5.41, 5.74) is 5.62. The molecule has 0 aliphatic heterocycles. The summed E-state index contributed by atoms with van der Waals surface area (Å²) in [5.74, 6) is 0.763. The van der Waals surface area contributed by atoms with Crippen molar-refractivity contribution in [1.82, 2.24) is 0 Å². The van der Waals surface area contributed by atoms with E-state index in [1.807, 2.05) is 36.4 Å². The van der Waals surface area contributed by atoms with Gasteiger partial charge >= 0.3 is 0 Å². The number of para-hydroxylation sites is 2. The molecule has 0 saturated heterocycles. The van der Waals surface area contributed by atoms with Crippen LogP contribution < -0.4 is 9.64 Å². The van der Waals surface area contributed by atoms with E-state index < -0.39 is 0 Å². The molecular weight excluding hydrogens is 358 g/mol. The second-order valence-electron chi connectivity index (χ2n) is 6.65. The van der Waals surface area contributed by atoms with Gasteiger partial charge in [0.1, 0.15) is 12.4 Å². The van der Waals surface area contributed by atoms with Gasteiger partial charge in [-0.1, -0.05) is 60.7 Å². The third kappa shape index (κ3) is 4.48. The Morgan fingerprint density at radius 1 is 0.552 bits per heavy atom. The highest BCUT2D eigenvalue weighted by molar-refractivity contribution is 5.78. The Hall–Kier alpha value is -3.56. The Labute approximate surface area is 171 Å². The SMILES string of the molecule is OCCOc1ccc(-c2ccc(N(c3ccccc3)c3ccccc3)cc2)cc1. The summed E-state index contributed by atoms with van der Waals surface area (Å²) in [6.07, 6.45) is 0. The molecule has 0 saturated carbocycles. The number of aliphatic hydroxyl groups is 1. The Morgan fingerprint density at radius 2 is 1.00 bits per heavy atom. The normalized spacial score (nSPS) is 10.5. The van der Waals surface area contributed by atoms with E-state index in [1.165, 1.54) is 0 Å². The van der Waals surface area contributed by atoms with Crippen LogP contribution in [0.15, 0.2) is 109 Å². The second-order valence-corrected chi connectivity index (χ2v) is 6.65. The molecule has 4 aromatic rings. The lowest BCUT2D eigenvalue weighted by Crippen LogP contribution is -2.09. The maximum atomic E-state index is 8.87. The highest BCUT2D eigenvalue weighted by atomic mass is 16.5. The molecule has 0 amide bonds. The Balaban J connectivity index is 1.62. The average Bonchev–Trinajstić information content (AvgIpc) is 2.80. The van der Waals surface area contributed by atoms with Crippen LogP contribution in [0.3, 0.4) is 0 Å². The molecule has 0 atom stereocenters. The number of ether oxygens (including phenoxy) is 1. The van der Waals surface area contributed by atoms with E-state index in [2.05, 4.69) is 77.7 Å². The fourth-order valence-corrected chi connectivity index (χ4v) is 3.31. The van der Waals surface area contributed by atoms with E-state index in [0.29, 0.717) is 6.61 Å². The molecule has 29 heavy (non-hydrogen) atoms. The van der Waals surface area contributed by atoms with Gasteiger partial charge in [-0.2, -0.15) is 0 Å². The van der Waals surface area contributed by atoms with Gasteiger partial charge in [-0.15, -0.1) is 0 Å². The molecule has 0 fully saturated rings.